The second-order valence-corrected chi connectivity index (χ2v) is 2.93. The topological polar surface area (TPSA) is 9.23 Å². The van der Waals surface area contributed by atoms with E-state index in [1.165, 1.54) is 32.1 Å². The van der Waals surface area contributed by atoms with Crippen molar-refractivity contribution < 1.29 is 4.74 Å². The van der Waals surface area contributed by atoms with Gasteiger partial charge in [0.25, 0.3) is 0 Å². The molecule has 0 aliphatic carbocycles. The van der Waals surface area contributed by atoms with Crippen molar-refractivity contribution in [2.24, 2.45) is 0 Å². The lowest BCUT2D eigenvalue weighted by molar-refractivity contribution is 0.0347. The van der Waals surface area contributed by atoms with Gasteiger partial charge in [0, 0.05) is 6.61 Å². The summed E-state index contributed by atoms with van der Waals surface area (Å²) >= 11 is 0. The Kier molecular flexibility index (Phi) is 3.81. The zero-order valence-electron chi connectivity index (χ0n) is 6.81. The molecular weight excluding hydrogens is 124 g/mol. The normalized spacial score (nSPS) is 26.7. The standard InChI is InChI=1S/C9H17O/c1-2-3-6-9-7-4-5-8-10-9/h6,9H,2-5,7-8H2,1H3. The highest BCUT2D eigenvalue weighted by Crippen LogP contribution is 2.16. The number of rotatable bonds is 3. The summed E-state index contributed by atoms with van der Waals surface area (Å²) in [5.41, 5.74) is 0. The zero-order valence-corrected chi connectivity index (χ0v) is 6.81. The molecule has 0 spiro atoms. The van der Waals surface area contributed by atoms with Crippen molar-refractivity contribution in [1.82, 2.24) is 0 Å². The fraction of sp³-hybridized carbons (Fsp3) is 0.889. The molecule has 1 rings (SSSR count). The van der Waals surface area contributed by atoms with Gasteiger partial charge in [-0.25, -0.2) is 0 Å². The second-order valence-electron chi connectivity index (χ2n) is 2.93. The van der Waals surface area contributed by atoms with Crippen molar-refractivity contribution >= 4 is 0 Å². The van der Waals surface area contributed by atoms with Gasteiger partial charge in [-0.05, 0) is 32.1 Å². The van der Waals surface area contributed by atoms with Crippen LogP contribution in [-0.2, 0) is 4.74 Å². The van der Waals surface area contributed by atoms with Gasteiger partial charge in [0.15, 0.2) is 0 Å². The fourth-order valence-corrected chi connectivity index (χ4v) is 1.30. The molecule has 1 aliphatic rings. The van der Waals surface area contributed by atoms with Crippen molar-refractivity contribution in [3.63, 3.8) is 0 Å². The maximum atomic E-state index is 5.52. The van der Waals surface area contributed by atoms with Crippen molar-refractivity contribution in [2.75, 3.05) is 6.61 Å². The van der Waals surface area contributed by atoms with Crippen molar-refractivity contribution in [1.29, 1.82) is 0 Å². The van der Waals surface area contributed by atoms with E-state index in [0.717, 1.165) is 6.61 Å². The predicted octanol–water partition coefficient (Wildman–Crippen LogP) is 2.56. The van der Waals surface area contributed by atoms with Gasteiger partial charge in [-0.15, -0.1) is 0 Å². The van der Waals surface area contributed by atoms with Gasteiger partial charge in [0.05, 0.1) is 6.10 Å². The van der Waals surface area contributed by atoms with Crippen LogP contribution in [-0.4, -0.2) is 12.7 Å². The largest absolute Gasteiger partial charge is 0.378 e. The first-order valence-electron chi connectivity index (χ1n) is 4.38. The lowest BCUT2D eigenvalue weighted by atomic mass is 10.0. The Labute approximate surface area is 63.8 Å². The molecule has 1 saturated heterocycles. The minimum atomic E-state index is 0.480. The summed E-state index contributed by atoms with van der Waals surface area (Å²) in [7, 11) is 0. The SMILES string of the molecule is CCC[CH]C1CCCCO1. The Morgan fingerprint density at radius 2 is 2.40 bits per heavy atom. The molecule has 1 radical (unpaired) electrons. The predicted molar refractivity (Wildman–Crippen MR) is 42.8 cm³/mol. The van der Waals surface area contributed by atoms with E-state index in [4.69, 9.17) is 4.74 Å². The summed E-state index contributed by atoms with van der Waals surface area (Å²) in [6.07, 6.45) is 9.12. The highest BCUT2D eigenvalue weighted by atomic mass is 16.5. The molecule has 0 aromatic rings. The highest BCUT2D eigenvalue weighted by Gasteiger charge is 2.12. The maximum Gasteiger partial charge on any atom is 0.0606 e. The Morgan fingerprint density at radius 1 is 1.50 bits per heavy atom. The van der Waals surface area contributed by atoms with Crippen LogP contribution in [0.25, 0.3) is 0 Å². The van der Waals surface area contributed by atoms with Crippen LogP contribution in [0.2, 0.25) is 0 Å². The average Bonchev–Trinajstić information content (AvgIpc) is 2.03. The summed E-state index contributed by atoms with van der Waals surface area (Å²) in [6.45, 7) is 3.18. The lowest BCUT2D eigenvalue weighted by Crippen LogP contribution is -2.19. The summed E-state index contributed by atoms with van der Waals surface area (Å²) < 4.78 is 5.52. The minimum Gasteiger partial charge on any atom is -0.378 e. The van der Waals surface area contributed by atoms with Gasteiger partial charge >= 0.3 is 0 Å². The van der Waals surface area contributed by atoms with Crippen LogP contribution in [0.4, 0.5) is 0 Å². The van der Waals surface area contributed by atoms with Crippen LogP contribution in [0, 0.1) is 6.42 Å². The molecule has 0 saturated carbocycles. The average molecular weight is 141 g/mol. The Hall–Kier alpha value is -0.0400. The van der Waals surface area contributed by atoms with Gasteiger partial charge < -0.3 is 4.74 Å². The van der Waals surface area contributed by atoms with Crippen LogP contribution < -0.4 is 0 Å². The summed E-state index contributed by atoms with van der Waals surface area (Å²) in [5, 5.41) is 0. The van der Waals surface area contributed by atoms with Crippen LogP contribution in [0.3, 0.4) is 0 Å². The Bertz CT molecular complexity index is 74.8. The van der Waals surface area contributed by atoms with Crippen LogP contribution in [0.5, 0.6) is 0 Å². The van der Waals surface area contributed by atoms with E-state index < -0.39 is 0 Å². The fourth-order valence-electron chi connectivity index (χ4n) is 1.30. The third kappa shape index (κ3) is 2.70. The van der Waals surface area contributed by atoms with Crippen LogP contribution in [0.15, 0.2) is 0 Å². The van der Waals surface area contributed by atoms with Gasteiger partial charge in [0.2, 0.25) is 0 Å². The molecule has 1 heterocycles. The van der Waals surface area contributed by atoms with E-state index in [9.17, 15) is 0 Å². The van der Waals surface area contributed by atoms with E-state index in [1.54, 1.807) is 0 Å². The van der Waals surface area contributed by atoms with Gasteiger partial charge in [-0.2, -0.15) is 0 Å². The monoisotopic (exact) mass is 141 g/mol. The molecule has 59 valence electrons. The maximum absolute atomic E-state index is 5.52. The molecule has 0 aromatic heterocycles. The third-order valence-corrected chi connectivity index (χ3v) is 1.93. The summed E-state index contributed by atoms with van der Waals surface area (Å²) in [4.78, 5) is 0. The minimum absolute atomic E-state index is 0.480. The molecule has 1 atom stereocenters. The van der Waals surface area contributed by atoms with E-state index in [1.807, 2.05) is 0 Å². The molecule has 0 aromatic carbocycles. The first-order chi connectivity index (χ1) is 4.93. The van der Waals surface area contributed by atoms with E-state index in [2.05, 4.69) is 13.3 Å². The molecule has 1 nitrogen and oxygen atoms in total. The number of ether oxygens (including phenoxy) is 1. The van der Waals surface area contributed by atoms with Gasteiger partial charge in [-0.1, -0.05) is 13.3 Å². The lowest BCUT2D eigenvalue weighted by Gasteiger charge is -2.21. The summed E-state index contributed by atoms with van der Waals surface area (Å²) in [5.74, 6) is 0. The summed E-state index contributed by atoms with van der Waals surface area (Å²) in [6, 6.07) is 0. The molecular formula is C9H17O. The molecule has 1 aliphatic heterocycles. The quantitative estimate of drug-likeness (QED) is 0.587. The molecule has 0 amide bonds. The number of hydrogen-bond acceptors (Lipinski definition) is 1. The first-order valence-corrected chi connectivity index (χ1v) is 4.38. The van der Waals surface area contributed by atoms with Crippen LogP contribution >= 0.6 is 0 Å². The van der Waals surface area contributed by atoms with Crippen molar-refractivity contribution in [3.8, 4) is 0 Å². The van der Waals surface area contributed by atoms with Crippen molar-refractivity contribution in [3.05, 3.63) is 6.42 Å². The number of hydrogen-bond donors (Lipinski definition) is 0. The van der Waals surface area contributed by atoms with E-state index in [0.29, 0.717) is 6.10 Å². The molecule has 1 heteroatoms. The Balaban J connectivity index is 2.02. The third-order valence-electron chi connectivity index (χ3n) is 1.93. The molecule has 0 bridgehead atoms. The van der Waals surface area contributed by atoms with Crippen LogP contribution in [0.1, 0.15) is 39.0 Å². The first kappa shape index (κ1) is 8.06. The molecule has 10 heavy (non-hydrogen) atoms. The highest BCUT2D eigenvalue weighted by molar-refractivity contribution is 4.78. The number of unbranched alkanes of at least 4 members (excludes halogenated alkanes) is 1. The smallest absolute Gasteiger partial charge is 0.0606 e. The van der Waals surface area contributed by atoms with Gasteiger partial charge in [-0.3, -0.25) is 0 Å². The molecule has 0 N–H and O–H groups in total. The second kappa shape index (κ2) is 4.73. The van der Waals surface area contributed by atoms with E-state index >= 15 is 0 Å². The molecule has 1 fully saturated rings. The van der Waals surface area contributed by atoms with Crippen molar-refractivity contribution in [2.45, 2.75) is 45.1 Å². The Morgan fingerprint density at radius 3 is 3.00 bits per heavy atom. The molecule has 1 unspecified atom stereocenters. The van der Waals surface area contributed by atoms with E-state index in [-0.39, 0.29) is 0 Å². The van der Waals surface area contributed by atoms with Gasteiger partial charge in [0.1, 0.15) is 0 Å². The zero-order chi connectivity index (χ0) is 7.23.